The molecule has 5 aromatic rings. The van der Waals surface area contributed by atoms with E-state index in [0.29, 0.717) is 17.3 Å². The van der Waals surface area contributed by atoms with Crippen LogP contribution < -0.4 is 10.6 Å². The number of nitrogens with zero attached hydrogens (tertiary/aromatic N) is 4. The lowest BCUT2D eigenvalue weighted by Gasteiger charge is -2.14. The Hall–Kier alpha value is -4.27. The minimum atomic E-state index is -4.43. The molecule has 0 aliphatic heterocycles. The van der Waals surface area contributed by atoms with Gasteiger partial charge in [0.15, 0.2) is 5.82 Å². The molecule has 0 amide bonds. The van der Waals surface area contributed by atoms with Crippen LogP contribution in [0.15, 0.2) is 67.1 Å². The van der Waals surface area contributed by atoms with Gasteiger partial charge in [-0.1, -0.05) is 12.1 Å². The number of anilines is 3. The highest BCUT2D eigenvalue weighted by Gasteiger charge is 2.30. The van der Waals surface area contributed by atoms with Crippen LogP contribution in [0.5, 0.6) is 0 Å². The van der Waals surface area contributed by atoms with Crippen molar-refractivity contribution >= 4 is 39.3 Å². The molecule has 9 heteroatoms. The van der Waals surface area contributed by atoms with E-state index in [9.17, 15) is 13.2 Å². The fourth-order valence-corrected chi connectivity index (χ4v) is 3.92. The molecule has 3 heterocycles. The lowest BCUT2D eigenvalue weighted by molar-refractivity contribution is -0.137. The average Bonchev–Trinajstić information content (AvgIpc) is 2.83. The first-order chi connectivity index (χ1) is 16.3. The van der Waals surface area contributed by atoms with E-state index >= 15 is 0 Å². The summed E-state index contributed by atoms with van der Waals surface area (Å²) in [5, 5.41) is 7.65. The fraction of sp³-hybridized carbons (Fsp3) is 0.120. The molecule has 2 aromatic carbocycles. The molecule has 0 bridgehead atoms. The molecule has 0 spiro atoms. The van der Waals surface area contributed by atoms with Crippen molar-refractivity contribution in [1.82, 2.24) is 19.9 Å². The summed E-state index contributed by atoms with van der Waals surface area (Å²) in [6.45, 7) is 1.97. The quantitative estimate of drug-likeness (QED) is 0.325. The lowest BCUT2D eigenvalue weighted by Crippen LogP contribution is -2.05. The Morgan fingerprint density at radius 2 is 1.76 bits per heavy atom. The molecular formula is C25H19F3N6. The van der Waals surface area contributed by atoms with Crippen LogP contribution >= 0.6 is 0 Å². The van der Waals surface area contributed by atoms with Crippen molar-refractivity contribution in [1.29, 1.82) is 0 Å². The number of nitrogens with one attached hydrogen (secondary N) is 2. The van der Waals surface area contributed by atoms with Crippen molar-refractivity contribution in [3.05, 3.63) is 78.2 Å². The Bertz CT molecular complexity index is 1530. The second-order valence-corrected chi connectivity index (χ2v) is 7.79. The number of benzene rings is 2. The van der Waals surface area contributed by atoms with Crippen LogP contribution in [0.3, 0.4) is 0 Å². The van der Waals surface area contributed by atoms with Crippen LogP contribution in [0.4, 0.5) is 30.6 Å². The fourth-order valence-electron chi connectivity index (χ4n) is 3.92. The third kappa shape index (κ3) is 3.96. The highest BCUT2D eigenvalue weighted by molar-refractivity contribution is 6.02. The van der Waals surface area contributed by atoms with E-state index in [-0.39, 0.29) is 5.69 Å². The van der Waals surface area contributed by atoms with Gasteiger partial charge in [-0.3, -0.25) is 4.98 Å². The SMILES string of the molecule is CNc1ncc2cc(-c3c(C)cnc4c(Nc5cccc(C(F)(F)F)c5)nccc34)ccc2n1. The highest BCUT2D eigenvalue weighted by atomic mass is 19.4. The number of aryl methyl sites for hydroxylation is 1. The molecule has 0 aliphatic carbocycles. The Labute approximate surface area is 192 Å². The first-order valence-corrected chi connectivity index (χ1v) is 10.5. The van der Waals surface area contributed by atoms with Gasteiger partial charge in [-0.15, -0.1) is 0 Å². The third-order valence-electron chi connectivity index (χ3n) is 5.52. The lowest BCUT2D eigenvalue weighted by atomic mass is 9.96. The van der Waals surface area contributed by atoms with Crippen molar-refractivity contribution in [2.75, 3.05) is 17.7 Å². The van der Waals surface area contributed by atoms with E-state index < -0.39 is 11.7 Å². The zero-order valence-electron chi connectivity index (χ0n) is 18.3. The zero-order chi connectivity index (χ0) is 23.9. The smallest absolute Gasteiger partial charge is 0.357 e. The number of fused-ring (bicyclic) bond motifs is 2. The number of alkyl halides is 3. The molecule has 5 rings (SSSR count). The number of aromatic nitrogens is 4. The van der Waals surface area contributed by atoms with E-state index in [1.807, 2.05) is 31.2 Å². The molecule has 6 nitrogen and oxygen atoms in total. The van der Waals surface area contributed by atoms with Gasteiger partial charge in [0.1, 0.15) is 5.52 Å². The molecule has 3 aromatic heterocycles. The average molecular weight is 460 g/mol. The van der Waals surface area contributed by atoms with Gasteiger partial charge in [0.2, 0.25) is 5.95 Å². The Morgan fingerprint density at radius 1 is 0.912 bits per heavy atom. The highest BCUT2D eigenvalue weighted by Crippen LogP contribution is 2.36. The van der Waals surface area contributed by atoms with Gasteiger partial charge in [0.25, 0.3) is 0 Å². The number of hydrogen-bond donors (Lipinski definition) is 2. The van der Waals surface area contributed by atoms with Gasteiger partial charge >= 0.3 is 6.18 Å². The van der Waals surface area contributed by atoms with Gasteiger partial charge < -0.3 is 10.6 Å². The second-order valence-electron chi connectivity index (χ2n) is 7.79. The van der Waals surface area contributed by atoms with E-state index in [2.05, 4.69) is 30.6 Å². The van der Waals surface area contributed by atoms with E-state index in [1.54, 1.807) is 31.7 Å². The van der Waals surface area contributed by atoms with Gasteiger partial charge in [0, 0.05) is 42.1 Å². The first-order valence-electron chi connectivity index (χ1n) is 10.5. The van der Waals surface area contributed by atoms with Crippen molar-refractivity contribution in [3.63, 3.8) is 0 Å². The van der Waals surface area contributed by atoms with E-state index in [4.69, 9.17) is 0 Å². The van der Waals surface area contributed by atoms with Crippen molar-refractivity contribution in [2.24, 2.45) is 0 Å². The summed E-state index contributed by atoms with van der Waals surface area (Å²) >= 11 is 0. The predicted octanol–water partition coefficient (Wildman–Crippen LogP) is 6.35. The molecule has 0 radical (unpaired) electrons. The summed E-state index contributed by atoms with van der Waals surface area (Å²) in [6.07, 6.45) is 0.687. The molecular weight excluding hydrogens is 441 g/mol. The van der Waals surface area contributed by atoms with E-state index in [0.717, 1.165) is 45.1 Å². The minimum absolute atomic E-state index is 0.280. The van der Waals surface area contributed by atoms with Gasteiger partial charge in [0.05, 0.1) is 11.1 Å². The standard InChI is InChI=1S/C25H19F3N6/c1-14-12-31-22-19(21(14)15-6-7-20-16(10-15)13-32-24(29-2)34-20)8-9-30-23(22)33-18-5-3-4-17(11-18)25(26,27)28/h3-13H,1-2H3,(H,30,33)(H,29,32,34). The molecule has 170 valence electrons. The number of pyridine rings is 2. The maximum absolute atomic E-state index is 13.1. The predicted molar refractivity (Wildman–Crippen MR) is 127 cm³/mol. The normalized spacial score (nSPS) is 11.7. The molecule has 2 N–H and O–H groups in total. The molecule has 0 atom stereocenters. The summed E-state index contributed by atoms with van der Waals surface area (Å²) in [6, 6.07) is 12.8. The maximum Gasteiger partial charge on any atom is 0.416 e. The van der Waals surface area contributed by atoms with Crippen LogP contribution in [-0.4, -0.2) is 27.0 Å². The second kappa shape index (κ2) is 8.26. The van der Waals surface area contributed by atoms with Crippen LogP contribution in [0.1, 0.15) is 11.1 Å². The van der Waals surface area contributed by atoms with Crippen molar-refractivity contribution < 1.29 is 13.2 Å². The summed E-state index contributed by atoms with van der Waals surface area (Å²) in [7, 11) is 1.76. The summed E-state index contributed by atoms with van der Waals surface area (Å²) in [5.74, 6) is 0.919. The number of rotatable bonds is 4. The molecule has 34 heavy (non-hydrogen) atoms. The molecule has 0 aliphatic rings. The minimum Gasteiger partial charge on any atom is -0.357 e. The van der Waals surface area contributed by atoms with Crippen molar-refractivity contribution in [3.8, 4) is 11.1 Å². The summed E-state index contributed by atoms with van der Waals surface area (Å²) < 4.78 is 39.4. The largest absolute Gasteiger partial charge is 0.416 e. The van der Waals surface area contributed by atoms with Crippen LogP contribution in [0.25, 0.3) is 32.9 Å². The Kier molecular flexibility index (Phi) is 5.24. The topological polar surface area (TPSA) is 75.6 Å². The molecule has 0 fully saturated rings. The molecule has 0 saturated carbocycles. The third-order valence-corrected chi connectivity index (χ3v) is 5.52. The van der Waals surface area contributed by atoms with Gasteiger partial charge in [-0.2, -0.15) is 13.2 Å². The molecule has 0 saturated heterocycles. The van der Waals surface area contributed by atoms with Gasteiger partial charge in [-0.25, -0.2) is 15.0 Å². The van der Waals surface area contributed by atoms with Crippen LogP contribution in [0, 0.1) is 6.92 Å². The van der Waals surface area contributed by atoms with Crippen molar-refractivity contribution in [2.45, 2.75) is 13.1 Å². The van der Waals surface area contributed by atoms with Crippen LogP contribution in [-0.2, 0) is 6.18 Å². The zero-order valence-corrected chi connectivity index (χ0v) is 18.3. The monoisotopic (exact) mass is 460 g/mol. The maximum atomic E-state index is 13.1. The first kappa shape index (κ1) is 21.6. The number of halogens is 3. The summed E-state index contributed by atoms with van der Waals surface area (Å²) in [5.41, 5.74) is 3.78. The van der Waals surface area contributed by atoms with E-state index in [1.165, 1.54) is 6.07 Å². The van der Waals surface area contributed by atoms with Gasteiger partial charge in [-0.05, 0) is 60.0 Å². The van der Waals surface area contributed by atoms with Crippen LogP contribution in [0.2, 0.25) is 0 Å². The Morgan fingerprint density at radius 3 is 2.56 bits per heavy atom. The Balaban J connectivity index is 1.61. The molecule has 0 unspecified atom stereocenters. The summed E-state index contributed by atoms with van der Waals surface area (Å²) in [4.78, 5) is 17.6. The number of hydrogen-bond acceptors (Lipinski definition) is 6.